The molecule has 0 atom stereocenters. The first-order chi connectivity index (χ1) is 10.0. The highest BCUT2D eigenvalue weighted by Crippen LogP contribution is 2.14. The molecule has 2 aromatic rings. The highest BCUT2D eigenvalue weighted by Gasteiger charge is 2.19. The van der Waals surface area contributed by atoms with E-state index in [0.29, 0.717) is 17.8 Å². The molecule has 6 nitrogen and oxygen atoms in total. The lowest BCUT2D eigenvalue weighted by molar-refractivity contribution is 0.0950. The lowest BCUT2D eigenvalue weighted by Gasteiger charge is -2.01. The number of benzene rings is 1. The van der Waals surface area contributed by atoms with E-state index in [2.05, 4.69) is 14.7 Å². The van der Waals surface area contributed by atoms with E-state index < -0.39 is 9.84 Å². The Morgan fingerprint density at radius 3 is 2.67 bits per heavy atom. The summed E-state index contributed by atoms with van der Waals surface area (Å²) in [5.41, 5.74) is 0.534. The van der Waals surface area contributed by atoms with Crippen molar-refractivity contribution < 1.29 is 13.2 Å². The summed E-state index contributed by atoms with van der Waals surface area (Å²) in [6.07, 6.45) is 0.530. The normalized spacial score (nSPS) is 11.3. The summed E-state index contributed by atoms with van der Waals surface area (Å²) in [5, 5.41) is 2.66. The van der Waals surface area contributed by atoms with Crippen molar-refractivity contribution in [2.24, 2.45) is 0 Å². The number of nitrogens with zero attached hydrogens (tertiary/aromatic N) is 2. The number of carbonyl (C=O) groups is 1. The molecule has 8 heteroatoms. The zero-order chi connectivity index (χ0) is 15.3. The maximum Gasteiger partial charge on any atom is 0.251 e. The van der Waals surface area contributed by atoms with Gasteiger partial charge in [0.1, 0.15) is 0 Å². The summed E-state index contributed by atoms with van der Waals surface area (Å²) >= 11 is 0.844. The summed E-state index contributed by atoms with van der Waals surface area (Å²) < 4.78 is 27.6. The summed E-state index contributed by atoms with van der Waals surface area (Å²) in [5.74, 6) is 0.111. The van der Waals surface area contributed by atoms with Crippen molar-refractivity contribution in [2.45, 2.75) is 24.2 Å². The molecule has 1 aromatic carbocycles. The maximum atomic E-state index is 11.8. The number of hydrogen-bond acceptors (Lipinski definition) is 6. The molecule has 112 valence electrons. The van der Waals surface area contributed by atoms with E-state index in [1.54, 1.807) is 31.2 Å². The van der Waals surface area contributed by atoms with Crippen LogP contribution in [0.2, 0.25) is 0 Å². The van der Waals surface area contributed by atoms with Gasteiger partial charge in [0.25, 0.3) is 5.91 Å². The Balaban J connectivity index is 1.99. The number of aromatic nitrogens is 2. The summed E-state index contributed by atoms with van der Waals surface area (Å²) in [6, 6.07) is 8.75. The second-order valence-corrected chi connectivity index (χ2v) is 7.38. The van der Waals surface area contributed by atoms with Crippen LogP contribution in [0.15, 0.2) is 34.7 Å². The van der Waals surface area contributed by atoms with Crippen molar-refractivity contribution in [2.75, 3.05) is 5.75 Å². The van der Waals surface area contributed by atoms with Crippen LogP contribution < -0.4 is 5.32 Å². The van der Waals surface area contributed by atoms with Gasteiger partial charge in [-0.3, -0.25) is 4.79 Å². The number of amides is 1. The second-order valence-electron chi connectivity index (χ2n) is 4.34. The fourth-order valence-corrected chi connectivity index (χ4v) is 3.85. The first-order valence-corrected chi connectivity index (χ1v) is 8.84. The predicted octanol–water partition coefficient (Wildman–Crippen LogP) is 1.65. The molecule has 0 saturated carbocycles. The van der Waals surface area contributed by atoms with E-state index in [1.807, 2.05) is 6.07 Å². The van der Waals surface area contributed by atoms with Crippen LogP contribution in [0.25, 0.3) is 0 Å². The summed E-state index contributed by atoms with van der Waals surface area (Å²) in [6.45, 7) is 1.89. The van der Waals surface area contributed by atoms with Crippen LogP contribution in [0, 0.1) is 0 Å². The Morgan fingerprint density at radius 2 is 2.00 bits per heavy atom. The zero-order valence-corrected chi connectivity index (χ0v) is 13.1. The van der Waals surface area contributed by atoms with Gasteiger partial charge in [0.05, 0.1) is 12.3 Å². The van der Waals surface area contributed by atoms with Gasteiger partial charge in [-0.2, -0.15) is 4.37 Å². The second kappa shape index (κ2) is 6.77. The van der Waals surface area contributed by atoms with E-state index in [1.165, 1.54) is 0 Å². The van der Waals surface area contributed by atoms with E-state index in [4.69, 9.17) is 0 Å². The summed E-state index contributed by atoms with van der Waals surface area (Å²) in [4.78, 5) is 15.8. The molecule has 0 unspecified atom stereocenters. The maximum absolute atomic E-state index is 11.8. The number of carbonyl (C=O) groups excluding carboxylic acids is 1. The van der Waals surface area contributed by atoms with E-state index in [-0.39, 0.29) is 22.5 Å². The molecule has 21 heavy (non-hydrogen) atoms. The Kier molecular flexibility index (Phi) is 5.03. The van der Waals surface area contributed by atoms with Gasteiger partial charge in [-0.1, -0.05) is 25.1 Å². The third-order valence-corrected chi connectivity index (χ3v) is 5.74. The van der Waals surface area contributed by atoms with Crippen LogP contribution in [-0.4, -0.2) is 29.4 Å². The number of rotatable bonds is 6. The highest BCUT2D eigenvalue weighted by atomic mass is 32.2. The first-order valence-electron chi connectivity index (χ1n) is 6.41. The van der Waals surface area contributed by atoms with Crippen LogP contribution in [0.5, 0.6) is 0 Å². The van der Waals surface area contributed by atoms with Crippen LogP contribution in [0.1, 0.15) is 29.5 Å². The van der Waals surface area contributed by atoms with E-state index in [0.717, 1.165) is 11.5 Å². The largest absolute Gasteiger partial charge is 0.345 e. The fraction of sp³-hybridized carbons (Fsp3) is 0.308. The predicted molar refractivity (Wildman–Crippen MR) is 79.9 cm³/mol. The molecule has 0 aliphatic rings. The molecule has 2 rings (SSSR count). The van der Waals surface area contributed by atoms with Crippen molar-refractivity contribution in [1.29, 1.82) is 0 Å². The molecular formula is C13H15N3O3S2. The first kappa shape index (κ1) is 15.6. The lowest BCUT2D eigenvalue weighted by Crippen LogP contribution is -2.23. The molecule has 1 N–H and O–H groups in total. The highest BCUT2D eigenvalue weighted by molar-refractivity contribution is 7.93. The third kappa shape index (κ3) is 4.08. The number of sulfone groups is 1. The zero-order valence-electron chi connectivity index (χ0n) is 11.4. The lowest BCUT2D eigenvalue weighted by atomic mass is 10.2. The molecule has 0 aliphatic heterocycles. The molecule has 0 fully saturated rings. The van der Waals surface area contributed by atoms with Gasteiger partial charge in [0.15, 0.2) is 5.82 Å². The van der Waals surface area contributed by atoms with Crippen LogP contribution >= 0.6 is 11.5 Å². The minimum Gasteiger partial charge on any atom is -0.345 e. The fourth-order valence-electron chi connectivity index (χ4n) is 1.64. The quantitative estimate of drug-likeness (QED) is 0.872. The smallest absolute Gasteiger partial charge is 0.251 e. The van der Waals surface area contributed by atoms with Gasteiger partial charge in [0.2, 0.25) is 14.2 Å². The van der Waals surface area contributed by atoms with Gasteiger partial charge in [0, 0.05) is 5.56 Å². The van der Waals surface area contributed by atoms with Crippen molar-refractivity contribution in [3.05, 3.63) is 41.7 Å². The Labute approximate surface area is 127 Å². The van der Waals surface area contributed by atoms with Crippen molar-refractivity contribution in [3.8, 4) is 0 Å². The minimum absolute atomic E-state index is 0.00769. The topological polar surface area (TPSA) is 89.0 Å². The molecule has 1 amide bonds. The average molecular weight is 325 g/mol. The Hall–Kier alpha value is -1.80. The molecule has 1 aromatic heterocycles. The molecule has 0 aliphatic carbocycles. The molecule has 0 spiro atoms. The van der Waals surface area contributed by atoms with Crippen molar-refractivity contribution >= 4 is 27.3 Å². The van der Waals surface area contributed by atoms with Crippen molar-refractivity contribution in [3.63, 3.8) is 0 Å². The molecule has 0 bridgehead atoms. The van der Waals surface area contributed by atoms with Crippen LogP contribution in [-0.2, 0) is 16.4 Å². The van der Waals surface area contributed by atoms with Gasteiger partial charge in [-0.25, -0.2) is 13.4 Å². The number of nitrogens with one attached hydrogen (secondary N) is 1. The van der Waals surface area contributed by atoms with Crippen molar-refractivity contribution in [1.82, 2.24) is 14.7 Å². The molecule has 1 heterocycles. The number of hydrogen-bond donors (Lipinski definition) is 1. The van der Waals surface area contributed by atoms with E-state index in [9.17, 15) is 13.2 Å². The average Bonchev–Trinajstić information content (AvgIpc) is 2.95. The molecule has 0 radical (unpaired) electrons. The minimum atomic E-state index is -3.35. The monoisotopic (exact) mass is 325 g/mol. The SMILES string of the molecule is CCCS(=O)(=O)c1nc(CNC(=O)c2ccccc2)ns1. The van der Waals surface area contributed by atoms with Crippen LogP contribution in [0.4, 0.5) is 0 Å². The van der Waals surface area contributed by atoms with Crippen LogP contribution in [0.3, 0.4) is 0 Å². The van der Waals surface area contributed by atoms with Gasteiger partial charge in [-0.15, -0.1) is 0 Å². The van der Waals surface area contributed by atoms with Gasteiger partial charge < -0.3 is 5.32 Å². The van der Waals surface area contributed by atoms with E-state index >= 15 is 0 Å². The standard InChI is InChI=1S/C13H15N3O3S2/c1-2-8-21(18,19)13-15-11(16-20-13)9-14-12(17)10-6-4-3-5-7-10/h3-7H,2,8-9H2,1H3,(H,14,17). The third-order valence-electron chi connectivity index (χ3n) is 2.63. The Morgan fingerprint density at radius 1 is 1.29 bits per heavy atom. The Bertz CT molecular complexity index is 711. The van der Waals surface area contributed by atoms with Gasteiger partial charge in [-0.05, 0) is 30.1 Å². The molecule has 0 saturated heterocycles. The summed E-state index contributed by atoms with van der Waals surface area (Å²) in [7, 11) is -3.35. The molecular weight excluding hydrogens is 310 g/mol. The van der Waals surface area contributed by atoms with Gasteiger partial charge >= 0.3 is 0 Å².